The summed E-state index contributed by atoms with van der Waals surface area (Å²) in [6.45, 7) is 0. The summed E-state index contributed by atoms with van der Waals surface area (Å²) in [5.41, 5.74) is 4.69. The van der Waals surface area contributed by atoms with E-state index < -0.39 is 0 Å². The van der Waals surface area contributed by atoms with Crippen molar-refractivity contribution in [2.75, 3.05) is 0 Å². The molecule has 2 rings (SSSR count). The van der Waals surface area contributed by atoms with E-state index in [4.69, 9.17) is 8.83 Å². The maximum Gasteiger partial charge on any atom is 0.243 e. The van der Waals surface area contributed by atoms with E-state index in [9.17, 15) is 9.59 Å². The van der Waals surface area contributed by atoms with Crippen LogP contribution in [0.15, 0.2) is 68.0 Å². The van der Waals surface area contributed by atoms with Crippen LogP contribution >= 0.6 is 0 Å². The summed E-state index contributed by atoms with van der Waals surface area (Å²) < 4.78 is 10.0. The first-order valence-electron chi connectivity index (χ1n) is 7.10. The molecule has 0 fully saturated rings. The van der Waals surface area contributed by atoms with Crippen LogP contribution < -0.4 is 10.9 Å². The lowest BCUT2D eigenvalue weighted by atomic mass is 10.3. The van der Waals surface area contributed by atoms with Gasteiger partial charge in [0.25, 0.3) is 0 Å². The zero-order valence-corrected chi connectivity index (χ0v) is 12.7. The molecule has 0 saturated heterocycles. The minimum atomic E-state index is -0.301. The van der Waals surface area contributed by atoms with Gasteiger partial charge < -0.3 is 8.83 Å². The van der Waals surface area contributed by atoms with Crippen LogP contribution in [0.25, 0.3) is 0 Å². The molecule has 0 spiro atoms. The number of hydrogen-bond donors (Lipinski definition) is 2. The number of rotatable bonds is 8. The summed E-state index contributed by atoms with van der Waals surface area (Å²) >= 11 is 0. The fraction of sp³-hybridized carbons (Fsp3) is 0.125. The number of carbonyl (C=O) groups is 2. The first-order chi connectivity index (χ1) is 11.7. The van der Waals surface area contributed by atoms with Gasteiger partial charge in [-0.2, -0.15) is 10.2 Å². The van der Waals surface area contributed by atoms with E-state index in [0.717, 1.165) is 0 Å². The number of furan rings is 2. The Labute approximate surface area is 137 Å². The minimum Gasteiger partial charge on any atom is -0.463 e. The van der Waals surface area contributed by atoms with Crippen molar-refractivity contribution in [3.63, 3.8) is 0 Å². The van der Waals surface area contributed by atoms with E-state index in [-0.39, 0.29) is 24.7 Å². The summed E-state index contributed by atoms with van der Waals surface area (Å²) in [5.74, 6) is 0.478. The highest BCUT2D eigenvalue weighted by atomic mass is 16.3. The molecule has 2 amide bonds. The SMILES string of the molecule is O=C(CC=CCC(=O)NN=Cc1ccco1)NN=Cc1ccco1. The number of nitrogens with zero attached hydrogens (tertiary/aromatic N) is 2. The Kier molecular flexibility index (Phi) is 6.75. The van der Waals surface area contributed by atoms with Crippen molar-refractivity contribution in [3.05, 3.63) is 60.5 Å². The lowest BCUT2D eigenvalue weighted by molar-refractivity contribution is -0.121. The molecule has 0 aromatic carbocycles. The average molecular weight is 328 g/mol. The lowest BCUT2D eigenvalue weighted by Gasteiger charge is -1.95. The van der Waals surface area contributed by atoms with E-state index >= 15 is 0 Å². The van der Waals surface area contributed by atoms with E-state index in [1.165, 1.54) is 25.0 Å². The molecular weight excluding hydrogens is 312 g/mol. The fourth-order valence-electron chi connectivity index (χ4n) is 1.54. The maximum atomic E-state index is 11.5. The van der Waals surface area contributed by atoms with Crippen LogP contribution in [-0.2, 0) is 9.59 Å². The first kappa shape index (κ1) is 16.9. The van der Waals surface area contributed by atoms with Crippen LogP contribution in [0.3, 0.4) is 0 Å². The topological polar surface area (TPSA) is 109 Å². The second kappa shape index (κ2) is 9.57. The van der Waals surface area contributed by atoms with Gasteiger partial charge in [-0.25, -0.2) is 10.9 Å². The van der Waals surface area contributed by atoms with Gasteiger partial charge in [-0.15, -0.1) is 0 Å². The fourth-order valence-corrected chi connectivity index (χ4v) is 1.54. The van der Waals surface area contributed by atoms with Crippen molar-refractivity contribution in [1.29, 1.82) is 0 Å². The zero-order valence-electron chi connectivity index (χ0n) is 12.7. The van der Waals surface area contributed by atoms with Gasteiger partial charge in [0.1, 0.15) is 11.5 Å². The standard InChI is InChI=1S/C16H16N4O4/c21-15(19-17-11-13-5-3-9-23-13)7-1-2-8-16(22)20-18-12-14-6-4-10-24-14/h1-6,9-12H,7-8H2,(H,19,21)(H,20,22). The molecule has 2 aromatic rings. The molecule has 0 aliphatic rings. The molecule has 2 N–H and O–H groups in total. The van der Waals surface area contributed by atoms with E-state index in [0.29, 0.717) is 11.5 Å². The van der Waals surface area contributed by atoms with Crippen molar-refractivity contribution in [1.82, 2.24) is 10.9 Å². The lowest BCUT2D eigenvalue weighted by Crippen LogP contribution is -2.17. The highest BCUT2D eigenvalue weighted by Crippen LogP contribution is 1.95. The third-order valence-electron chi connectivity index (χ3n) is 2.62. The number of hydrazone groups is 2. The Balaban J connectivity index is 1.59. The summed E-state index contributed by atoms with van der Waals surface area (Å²) in [6.07, 6.45) is 9.18. The summed E-state index contributed by atoms with van der Waals surface area (Å²) in [6, 6.07) is 6.86. The zero-order chi connectivity index (χ0) is 17.0. The molecule has 124 valence electrons. The molecule has 0 atom stereocenters. The van der Waals surface area contributed by atoms with Crippen LogP contribution in [0.1, 0.15) is 24.4 Å². The predicted octanol–water partition coefficient (Wildman–Crippen LogP) is 1.81. The number of carbonyl (C=O) groups excluding carboxylic acids is 2. The van der Waals surface area contributed by atoms with Gasteiger partial charge in [0.05, 0.1) is 25.0 Å². The van der Waals surface area contributed by atoms with Crippen LogP contribution in [0, 0.1) is 0 Å². The largest absolute Gasteiger partial charge is 0.463 e. The van der Waals surface area contributed by atoms with Crippen LogP contribution in [0.2, 0.25) is 0 Å². The Morgan fingerprint density at radius 1 is 0.875 bits per heavy atom. The van der Waals surface area contributed by atoms with Gasteiger partial charge in [0.2, 0.25) is 11.8 Å². The van der Waals surface area contributed by atoms with Gasteiger partial charge in [-0.1, -0.05) is 12.2 Å². The van der Waals surface area contributed by atoms with Crippen molar-refractivity contribution in [3.8, 4) is 0 Å². The summed E-state index contributed by atoms with van der Waals surface area (Å²) in [4.78, 5) is 23.0. The maximum absolute atomic E-state index is 11.5. The molecule has 0 bridgehead atoms. The molecule has 8 heteroatoms. The molecule has 0 unspecified atom stereocenters. The Morgan fingerprint density at radius 3 is 1.71 bits per heavy atom. The Bertz CT molecular complexity index is 653. The number of hydrogen-bond acceptors (Lipinski definition) is 6. The van der Waals surface area contributed by atoms with Gasteiger partial charge in [0.15, 0.2) is 0 Å². The third-order valence-corrected chi connectivity index (χ3v) is 2.62. The van der Waals surface area contributed by atoms with Gasteiger partial charge >= 0.3 is 0 Å². The normalized spacial score (nSPS) is 11.5. The predicted molar refractivity (Wildman–Crippen MR) is 87.3 cm³/mol. The summed E-state index contributed by atoms with van der Waals surface area (Å²) in [5, 5.41) is 7.47. The van der Waals surface area contributed by atoms with Crippen LogP contribution in [-0.4, -0.2) is 24.2 Å². The molecule has 8 nitrogen and oxygen atoms in total. The van der Waals surface area contributed by atoms with Crippen LogP contribution in [0.5, 0.6) is 0 Å². The van der Waals surface area contributed by atoms with E-state index in [2.05, 4.69) is 21.1 Å². The molecule has 2 aromatic heterocycles. The first-order valence-corrected chi connectivity index (χ1v) is 7.10. The molecule has 0 saturated carbocycles. The van der Waals surface area contributed by atoms with Crippen molar-refractivity contribution < 1.29 is 18.4 Å². The molecule has 24 heavy (non-hydrogen) atoms. The Morgan fingerprint density at radius 2 is 1.33 bits per heavy atom. The Hall–Kier alpha value is -3.42. The number of nitrogens with one attached hydrogen (secondary N) is 2. The second-order valence-electron chi connectivity index (χ2n) is 4.50. The van der Waals surface area contributed by atoms with E-state index in [1.54, 1.807) is 36.4 Å². The van der Waals surface area contributed by atoms with Gasteiger partial charge in [0, 0.05) is 12.8 Å². The molecule has 0 radical (unpaired) electrons. The minimum absolute atomic E-state index is 0.110. The van der Waals surface area contributed by atoms with Crippen molar-refractivity contribution in [2.45, 2.75) is 12.8 Å². The quantitative estimate of drug-likeness (QED) is 0.437. The molecular formula is C16H16N4O4. The smallest absolute Gasteiger partial charge is 0.243 e. The second-order valence-corrected chi connectivity index (χ2v) is 4.50. The summed E-state index contributed by atoms with van der Waals surface area (Å²) in [7, 11) is 0. The number of amides is 2. The molecule has 0 aliphatic carbocycles. The van der Waals surface area contributed by atoms with Gasteiger partial charge in [-0.3, -0.25) is 9.59 Å². The highest BCUT2D eigenvalue weighted by Gasteiger charge is 1.98. The highest BCUT2D eigenvalue weighted by molar-refractivity contribution is 5.82. The van der Waals surface area contributed by atoms with Crippen molar-refractivity contribution in [2.24, 2.45) is 10.2 Å². The van der Waals surface area contributed by atoms with Crippen LogP contribution in [0.4, 0.5) is 0 Å². The average Bonchev–Trinajstić information content (AvgIpc) is 3.25. The molecule has 2 heterocycles. The van der Waals surface area contributed by atoms with E-state index in [1.807, 2.05) is 0 Å². The van der Waals surface area contributed by atoms with Gasteiger partial charge in [-0.05, 0) is 24.3 Å². The monoisotopic (exact) mass is 328 g/mol. The van der Waals surface area contributed by atoms with Crippen molar-refractivity contribution >= 4 is 24.2 Å². The third kappa shape index (κ3) is 6.56. The molecule has 0 aliphatic heterocycles.